The first-order valence-corrected chi connectivity index (χ1v) is 10.4. The van der Waals surface area contributed by atoms with E-state index in [9.17, 15) is 9.18 Å². The smallest absolute Gasteiger partial charge is 0.294 e. The molecule has 0 bridgehead atoms. The maximum Gasteiger partial charge on any atom is 0.294 e. The minimum Gasteiger partial charge on any atom is -0.452 e. The highest BCUT2D eigenvalue weighted by Crippen LogP contribution is 2.22. The number of hydrogen-bond acceptors (Lipinski definition) is 7. The summed E-state index contributed by atoms with van der Waals surface area (Å²) in [7, 11) is 3.80. The molecule has 3 aromatic rings. The van der Waals surface area contributed by atoms with Gasteiger partial charge in [-0.15, -0.1) is 12.4 Å². The summed E-state index contributed by atoms with van der Waals surface area (Å²) in [6.45, 7) is 6.24. The summed E-state index contributed by atoms with van der Waals surface area (Å²) in [6.07, 6.45) is 2.66. The van der Waals surface area contributed by atoms with Gasteiger partial charge in [0, 0.05) is 51.4 Å². The van der Waals surface area contributed by atoms with Crippen LogP contribution in [0.15, 0.2) is 41.3 Å². The Kier molecular flexibility index (Phi) is 8.00. The molecule has 4 rings (SSSR count). The predicted molar refractivity (Wildman–Crippen MR) is 126 cm³/mol. The van der Waals surface area contributed by atoms with E-state index in [0.717, 1.165) is 45.7 Å². The van der Waals surface area contributed by atoms with Gasteiger partial charge in [-0.05, 0) is 50.3 Å². The Morgan fingerprint density at radius 1 is 1.12 bits per heavy atom. The zero-order valence-corrected chi connectivity index (χ0v) is 19.1. The molecule has 1 N–H and O–H groups in total. The van der Waals surface area contributed by atoms with Crippen LogP contribution < -0.4 is 15.6 Å². The molecule has 10 heteroatoms. The summed E-state index contributed by atoms with van der Waals surface area (Å²) in [6, 6.07) is 7.13. The average molecular weight is 463 g/mol. The Balaban J connectivity index is 0.00000289. The van der Waals surface area contributed by atoms with Crippen LogP contribution >= 0.6 is 12.4 Å². The fourth-order valence-electron chi connectivity index (χ4n) is 3.58. The minimum atomic E-state index is -0.365. The maximum atomic E-state index is 13.1. The number of nitrogens with zero attached hydrogens (tertiary/aromatic N) is 5. The standard InChI is InChI=1S/C22H27FN6O2.ClH/c1-27-10-12-29(13-11-27)9-3-8-24-22-25-15-16-14-19(21(30)28(2)20(16)26-22)31-18-6-4-17(23)5-7-18;/h4-7,14-15H,3,8-13H2,1-2H3,(H,24,25,26);1H. The van der Waals surface area contributed by atoms with Crippen molar-refractivity contribution >= 4 is 29.4 Å². The largest absolute Gasteiger partial charge is 0.452 e. The maximum absolute atomic E-state index is 13.1. The van der Waals surface area contributed by atoms with Crippen LogP contribution in [-0.2, 0) is 7.05 Å². The fourth-order valence-corrected chi connectivity index (χ4v) is 3.58. The number of aromatic nitrogens is 3. The molecule has 1 fully saturated rings. The van der Waals surface area contributed by atoms with E-state index in [1.54, 1.807) is 19.3 Å². The Morgan fingerprint density at radius 2 is 1.84 bits per heavy atom. The van der Waals surface area contributed by atoms with E-state index in [0.29, 0.717) is 22.7 Å². The van der Waals surface area contributed by atoms with E-state index in [4.69, 9.17) is 4.74 Å². The lowest BCUT2D eigenvalue weighted by Crippen LogP contribution is -2.44. The SMILES string of the molecule is CN1CCN(CCCNc2ncc3cc(Oc4ccc(F)cc4)c(=O)n(C)c3n2)CC1.Cl. The van der Waals surface area contributed by atoms with E-state index < -0.39 is 0 Å². The molecule has 0 radical (unpaired) electrons. The average Bonchev–Trinajstić information content (AvgIpc) is 2.78. The summed E-state index contributed by atoms with van der Waals surface area (Å²) in [4.78, 5) is 26.4. The van der Waals surface area contributed by atoms with Crippen LogP contribution in [0.3, 0.4) is 0 Å². The first kappa shape index (κ1) is 23.9. The number of rotatable bonds is 7. The molecule has 8 nitrogen and oxygen atoms in total. The van der Waals surface area contributed by atoms with Gasteiger partial charge in [0.05, 0.1) is 0 Å². The van der Waals surface area contributed by atoms with Gasteiger partial charge in [-0.3, -0.25) is 9.36 Å². The first-order valence-electron chi connectivity index (χ1n) is 10.4. The van der Waals surface area contributed by atoms with Crippen molar-refractivity contribution in [3.8, 4) is 11.5 Å². The van der Waals surface area contributed by atoms with Gasteiger partial charge in [0.15, 0.2) is 5.75 Å². The summed E-state index contributed by atoms with van der Waals surface area (Å²) in [5.74, 6) is 0.652. The van der Waals surface area contributed by atoms with Crippen LogP contribution in [0.25, 0.3) is 11.0 Å². The number of pyridine rings is 1. The van der Waals surface area contributed by atoms with Gasteiger partial charge < -0.3 is 19.9 Å². The normalized spacial score (nSPS) is 14.8. The number of hydrogen-bond donors (Lipinski definition) is 1. The van der Waals surface area contributed by atoms with E-state index >= 15 is 0 Å². The molecular weight excluding hydrogens is 435 g/mol. The third-order valence-corrected chi connectivity index (χ3v) is 5.49. The second kappa shape index (κ2) is 10.7. The lowest BCUT2D eigenvalue weighted by molar-refractivity contribution is 0.154. The predicted octanol–water partition coefficient (Wildman–Crippen LogP) is 2.73. The number of piperazine rings is 1. The van der Waals surface area contributed by atoms with Crippen molar-refractivity contribution in [2.45, 2.75) is 6.42 Å². The highest BCUT2D eigenvalue weighted by atomic mass is 35.5. The van der Waals surface area contributed by atoms with Crippen LogP contribution in [-0.4, -0.2) is 70.7 Å². The van der Waals surface area contributed by atoms with Gasteiger partial charge in [0.1, 0.15) is 17.2 Å². The number of aryl methyl sites for hydroxylation is 1. The van der Waals surface area contributed by atoms with E-state index in [-0.39, 0.29) is 29.5 Å². The van der Waals surface area contributed by atoms with E-state index in [2.05, 4.69) is 32.1 Å². The van der Waals surface area contributed by atoms with Crippen molar-refractivity contribution in [1.29, 1.82) is 0 Å². The highest BCUT2D eigenvalue weighted by Gasteiger charge is 2.14. The molecule has 3 heterocycles. The number of likely N-dealkylation sites (N-methyl/N-ethyl adjacent to an activating group) is 1. The number of ether oxygens (including phenoxy) is 1. The Morgan fingerprint density at radius 3 is 2.56 bits per heavy atom. The zero-order chi connectivity index (χ0) is 21.8. The lowest BCUT2D eigenvalue weighted by Gasteiger charge is -2.32. The quantitative estimate of drug-likeness (QED) is 0.541. The van der Waals surface area contributed by atoms with Gasteiger partial charge in [-0.25, -0.2) is 9.37 Å². The van der Waals surface area contributed by atoms with Crippen LogP contribution in [0.2, 0.25) is 0 Å². The van der Waals surface area contributed by atoms with Gasteiger partial charge in [0.2, 0.25) is 5.95 Å². The Hall–Kier alpha value is -2.75. The third-order valence-electron chi connectivity index (χ3n) is 5.49. The van der Waals surface area contributed by atoms with Gasteiger partial charge in [0.25, 0.3) is 5.56 Å². The summed E-state index contributed by atoms with van der Waals surface area (Å²) in [5.41, 5.74) is 0.199. The van der Waals surface area contributed by atoms with Gasteiger partial charge in [-0.2, -0.15) is 4.98 Å². The third kappa shape index (κ3) is 5.73. The second-order valence-electron chi connectivity index (χ2n) is 7.83. The van der Waals surface area contributed by atoms with E-state index in [1.165, 1.54) is 28.8 Å². The summed E-state index contributed by atoms with van der Waals surface area (Å²) < 4.78 is 20.2. The van der Waals surface area contributed by atoms with Crippen molar-refractivity contribution in [2.24, 2.45) is 7.05 Å². The molecule has 0 atom stereocenters. The molecule has 2 aromatic heterocycles. The topological polar surface area (TPSA) is 75.5 Å². The van der Waals surface area contributed by atoms with Crippen LogP contribution in [0.1, 0.15) is 6.42 Å². The molecule has 1 aliphatic heterocycles. The molecule has 0 saturated carbocycles. The summed E-state index contributed by atoms with van der Waals surface area (Å²) >= 11 is 0. The number of halogens is 2. The molecule has 1 aliphatic rings. The lowest BCUT2D eigenvalue weighted by atomic mass is 10.3. The van der Waals surface area contributed by atoms with Crippen molar-refractivity contribution in [2.75, 3.05) is 51.6 Å². The number of fused-ring (bicyclic) bond motifs is 1. The monoisotopic (exact) mass is 462 g/mol. The van der Waals surface area contributed by atoms with Gasteiger partial charge in [-0.1, -0.05) is 0 Å². The molecule has 1 aromatic carbocycles. The first-order chi connectivity index (χ1) is 15.0. The second-order valence-corrected chi connectivity index (χ2v) is 7.83. The molecule has 172 valence electrons. The van der Waals surface area contributed by atoms with Crippen LogP contribution in [0.5, 0.6) is 11.5 Å². The van der Waals surface area contributed by atoms with Crippen molar-refractivity contribution in [1.82, 2.24) is 24.3 Å². The molecule has 32 heavy (non-hydrogen) atoms. The van der Waals surface area contributed by atoms with E-state index in [1.807, 2.05) is 0 Å². The van der Waals surface area contributed by atoms with Crippen LogP contribution in [0.4, 0.5) is 10.3 Å². The molecule has 0 spiro atoms. The number of benzene rings is 1. The van der Waals surface area contributed by atoms with Gasteiger partial charge >= 0.3 is 0 Å². The van der Waals surface area contributed by atoms with Crippen LogP contribution in [0, 0.1) is 5.82 Å². The number of nitrogens with one attached hydrogen (secondary N) is 1. The fraction of sp³-hybridized carbons (Fsp3) is 0.409. The van der Waals surface area contributed by atoms with Crippen molar-refractivity contribution in [3.63, 3.8) is 0 Å². The molecule has 0 amide bonds. The molecular formula is C22H28ClFN6O2. The highest BCUT2D eigenvalue weighted by molar-refractivity contribution is 5.85. The molecule has 0 unspecified atom stereocenters. The Labute approximate surface area is 192 Å². The minimum absolute atomic E-state index is 0. The molecule has 0 aliphatic carbocycles. The Bertz CT molecular complexity index is 1100. The molecule has 1 saturated heterocycles. The zero-order valence-electron chi connectivity index (χ0n) is 18.3. The van der Waals surface area contributed by atoms with Crippen molar-refractivity contribution < 1.29 is 9.13 Å². The van der Waals surface area contributed by atoms with Crippen molar-refractivity contribution in [3.05, 3.63) is 52.7 Å². The summed E-state index contributed by atoms with van der Waals surface area (Å²) in [5, 5.41) is 3.93. The number of anilines is 1.